The van der Waals surface area contributed by atoms with E-state index in [0.29, 0.717) is 6.54 Å². The van der Waals surface area contributed by atoms with Crippen molar-refractivity contribution in [2.24, 2.45) is 10.6 Å². The minimum absolute atomic E-state index is 0.0582. The van der Waals surface area contributed by atoms with Crippen LogP contribution in [0.2, 0.25) is 0 Å². The first-order chi connectivity index (χ1) is 4.62. The van der Waals surface area contributed by atoms with E-state index in [9.17, 15) is 4.91 Å². The first-order valence-electron chi connectivity index (χ1n) is 3.52. The van der Waals surface area contributed by atoms with Crippen molar-refractivity contribution < 1.29 is 5.11 Å². The summed E-state index contributed by atoms with van der Waals surface area (Å²) in [6.45, 7) is 4.58. The summed E-state index contributed by atoms with van der Waals surface area (Å²) in [5.41, 5.74) is 0.0582. The normalized spacial score (nSPS) is 11.5. The number of aliphatic hydroxyl groups is 1. The largest absolute Gasteiger partial charge is 0.396 e. The lowest BCUT2D eigenvalue weighted by Crippen LogP contribution is -2.14. The van der Waals surface area contributed by atoms with Crippen LogP contribution in [0.15, 0.2) is 5.18 Å². The minimum Gasteiger partial charge on any atom is -0.396 e. The van der Waals surface area contributed by atoms with E-state index in [0.717, 1.165) is 12.8 Å². The first kappa shape index (κ1) is 9.56. The molecule has 0 heterocycles. The first-order valence-corrected chi connectivity index (χ1v) is 3.52. The van der Waals surface area contributed by atoms with Crippen LogP contribution in [0.25, 0.3) is 0 Å². The summed E-state index contributed by atoms with van der Waals surface area (Å²) >= 11 is 0. The SMILES string of the molecule is CC(C)(CCO)CCN=O. The number of aliphatic hydroxyl groups excluding tert-OH is 1. The van der Waals surface area contributed by atoms with Gasteiger partial charge in [0, 0.05) is 6.61 Å². The van der Waals surface area contributed by atoms with Crippen LogP contribution in [0.4, 0.5) is 0 Å². The van der Waals surface area contributed by atoms with E-state index >= 15 is 0 Å². The predicted molar refractivity (Wildman–Crippen MR) is 40.8 cm³/mol. The summed E-state index contributed by atoms with van der Waals surface area (Å²) in [5, 5.41) is 11.4. The Labute approximate surface area is 61.4 Å². The third-order valence-electron chi connectivity index (χ3n) is 1.67. The lowest BCUT2D eigenvalue weighted by molar-refractivity contribution is 0.204. The molecule has 0 aliphatic rings. The summed E-state index contributed by atoms with van der Waals surface area (Å²) in [5.74, 6) is 0. The van der Waals surface area contributed by atoms with Gasteiger partial charge in [-0.2, -0.15) is 4.91 Å². The minimum atomic E-state index is 0.0582. The fraction of sp³-hybridized carbons (Fsp3) is 1.00. The highest BCUT2D eigenvalue weighted by atomic mass is 16.3. The van der Waals surface area contributed by atoms with Crippen molar-refractivity contribution in [1.82, 2.24) is 0 Å². The maximum Gasteiger partial charge on any atom is 0.0816 e. The van der Waals surface area contributed by atoms with Gasteiger partial charge in [0.15, 0.2) is 0 Å². The van der Waals surface area contributed by atoms with E-state index < -0.39 is 0 Å². The van der Waals surface area contributed by atoms with Crippen LogP contribution in [0, 0.1) is 10.3 Å². The van der Waals surface area contributed by atoms with Gasteiger partial charge in [0.25, 0.3) is 0 Å². The molecule has 0 aliphatic carbocycles. The van der Waals surface area contributed by atoms with Gasteiger partial charge in [-0.25, -0.2) is 0 Å². The lowest BCUT2D eigenvalue weighted by atomic mass is 9.86. The number of nitroso groups, excluding NO2 is 1. The quantitative estimate of drug-likeness (QED) is 0.597. The standard InChI is InChI=1S/C7H15NO2/c1-7(2,4-6-9)3-5-8-10/h9H,3-6H2,1-2H3. The van der Waals surface area contributed by atoms with Crippen molar-refractivity contribution in [2.45, 2.75) is 26.7 Å². The molecule has 0 radical (unpaired) electrons. The molecular weight excluding hydrogens is 130 g/mol. The average molecular weight is 145 g/mol. The van der Waals surface area contributed by atoms with Gasteiger partial charge in [-0.3, -0.25) is 0 Å². The van der Waals surface area contributed by atoms with Crippen LogP contribution in [-0.4, -0.2) is 18.3 Å². The number of hydrogen-bond donors (Lipinski definition) is 1. The molecule has 0 aromatic heterocycles. The smallest absolute Gasteiger partial charge is 0.0816 e. The number of rotatable bonds is 5. The van der Waals surface area contributed by atoms with E-state index in [1.165, 1.54) is 0 Å². The molecule has 0 atom stereocenters. The molecule has 60 valence electrons. The molecule has 0 saturated heterocycles. The average Bonchev–Trinajstić information content (AvgIpc) is 1.84. The van der Waals surface area contributed by atoms with E-state index in [1.807, 2.05) is 13.8 Å². The molecule has 3 nitrogen and oxygen atoms in total. The molecule has 0 aliphatic heterocycles. The Bertz CT molecular complexity index is 102. The maximum atomic E-state index is 9.74. The second kappa shape index (κ2) is 4.39. The van der Waals surface area contributed by atoms with Crippen molar-refractivity contribution in [2.75, 3.05) is 13.2 Å². The number of hydrogen-bond acceptors (Lipinski definition) is 3. The summed E-state index contributed by atoms with van der Waals surface area (Å²) in [6.07, 6.45) is 1.50. The molecule has 10 heavy (non-hydrogen) atoms. The highest BCUT2D eigenvalue weighted by Gasteiger charge is 2.16. The van der Waals surface area contributed by atoms with Gasteiger partial charge >= 0.3 is 0 Å². The molecule has 0 spiro atoms. The summed E-state index contributed by atoms with van der Waals surface area (Å²) in [7, 11) is 0. The van der Waals surface area contributed by atoms with Gasteiger partial charge in [0.2, 0.25) is 0 Å². The van der Waals surface area contributed by atoms with Crippen molar-refractivity contribution in [1.29, 1.82) is 0 Å². The molecule has 0 amide bonds. The molecular formula is C7H15NO2. The van der Waals surface area contributed by atoms with E-state index in [1.54, 1.807) is 0 Å². The Balaban J connectivity index is 3.51. The molecule has 0 rings (SSSR count). The Kier molecular flexibility index (Phi) is 4.19. The predicted octanol–water partition coefficient (Wildman–Crippen LogP) is 1.55. The molecule has 0 fully saturated rings. The van der Waals surface area contributed by atoms with Gasteiger partial charge in [-0.05, 0) is 18.3 Å². The molecule has 0 aromatic carbocycles. The summed E-state index contributed by atoms with van der Waals surface area (Å²) in [6, 6.07) is 0. The Morgan fingerprint density at radius 1 is 1.40 bits per heavy atom. The second-order valence-electron chi connectivity index (χ2n) is 3.24. The van der Waals surface area contributed by atoms with Gasteiger partial charge in [0.1, 0.15) is 0 Å². The van der Waals surface area contributed by atoms with Crippen LogP contribution in [0.5, 0.6) is 0 Å². The van der Waals surface area contributed by atoms with Gasteiger partial charge in [-0.15, -0.1) is 0 Å². The zero-order valence-electron chi connectivity index (χ0n) is 6.63. The molecule has 0 aromatic rings. The molecule has 0 unspecified atom stereocenters. The second-order valence-corrected chi connectivity index (χ2v) is 3.24. The Morgan fingerprint density at radius 2 is 2.00 bits per heavy atom. The fourth-order valence-electron chi connectivity index (χ4n) is 0.776. The van der Waals surface area contributed by atoms with Crippen molar-refractivity contribution >= 4 is 0 Å². The topological polar surface area (TPSA) is 49.7 Å². The van der Waals surface area contributed by atoms with Gasteiger partial charge < -0.3 is 5.11 Å². The molecule has 0 saturated carbocycles. The third-order valence-corrected chi connectivity index (χ3v) is 1.67. The fourth-order valence-corrected chi connectivity index (χ4v) is 0.776. The zero-order chi connectivity index (χ0) is 8.04. The third kappa shape index (κ3) is 4.44. The van der Waals surface area contributed by atoms with Crippen LogP contribution < -0.4 is 0 Å². The van der Waals surface area contributed by atoms with Crippen molar-refractivity contribution in [3.63, 3.8) is 0 Å². The van der Waals surface area contributed by atoms with E-state index in [-0.39, 0.29) is 12.0 Å². The van der Waals surface area contributed by atoms with Crippen LogP contribution >= 0.6 is 0 Å². The monoisotopic (exact) mass is 145 g/mol. The lowest BCUT2D eigenvalue weighted by Gasteiger charge is -2.21. The zero-order valence-corrected chi connectivity index (χ0v) is 6.63. The molecule has 0 bridgehead atoms. The summed E-state index contributed by atoms with van der Waals surface area (Å²) < 4.78 is 0. The van der Waals surface area contributed by atoms with Crippen LogP contribution in [-0.2, 0) is 0 Å². The highest BCUT2D eigenvalue weighted by Crippen LogP contribution is 2.23. The maximum absolute atomic E-state index is 9.74. The van der Waals surface area contributed by atoms with Gasteiger partial charge in [0.05, 0.1) is 6.54 Å². The summed E-state index contributed by atoms with van der Waals surface area (Å²) in [4.78, 5) is 9.74. The molecule has 3 heteroatoms. The highest BCUT2D eigenvalue weighted by molar-refractivity contribution is 4.68. The van der Waals surface area contributed by atoms with E-state index in [2.05, 4.69) is 5.18 Å². The van der Waals surface area contributed by atoms with Crippen LogP contribution in [0.1, 0.15) is 26.7 Å². The van der Waals surface area contributed by atoms with Crippen LogP contribution in [0.3, 0.4) is 0 Å². The Morgan fingerprint density at radius 3 is 2.40 bits per heavy atom. The van der Waals surface area contributed by atoms with Crippen molar-refractivity contribution in [3.8, 4) is 0 Å². The Hall–Kier alpha value is -0.440. The van der Waals surface area contributed by atoms with Gasteiger partial charge in [-0.1, -0.05) is 19.0 Å². The van der Waals surface area contributed by atoms with Crippen molar-refractivity contribution in [3.05, 3.63) is 4.91 Å². The molecule has 1 N–H and O–H groups in total. The number of nitrogens with zero attached hydrogens (tertiary/aromatic N) is 1. The van der Waals surface area contributed by atoms with E-state index in [4.69, 9.17) is 5.11 Å².